The Balaban J connectivity index is 1.57. The van der Waals surface area contributed by atoms with E-state index in [1.54, 1.807) is 0 Å². The summed E-state index contributed by atoms with van der Waals surface area (Å²) < 4.78 is 0. The van der Waals surface area contributed by atoms with E-state index in [-0.39, 0.29) is 0 Å². The van der Waals surface area contributed by atoms with E-state index in [1.807, 2.05) is 12.1 Å². The van der Waals surface area contributed by atoms with Crippen molar-refractivity contribution in [2.45, 2.75) is 64.2 Å². The van der Waals surface area contributed by atoms with Gasteiger partial charge in [-0.3, -0.25) is 0 Å². The van der Waals surface area contributed by atoms with E-state index in [0.29, 0.717) is 29.4 Å². The second-order valence-corrected chi connectivity index (χ2v) is 10.3. The molecule has 0 amide bonds. The van der Waals surface area contributed by atoms with Crippen LogP contribution in [-0.4, -0.2) is 5.11 Å². The second-order valence-electron chi connectivity index (χ2n) is 10.3. The molecule has 0 heterocycles. The highest BCUT2D eigenvalue weighted by Gasteiger charge is 2.18. The molecule has 0 saturated carbocycles. The predicted molar refractivity (Wildman–Crippen MR) is 149 cm³/mol. The van der Waals surface area contributed by atoms with E-state index < -0.39 is 0 Å². The quantitative estimate of drug-likeness (QED) is 0.262. The number of hydrogen-bond acceptors (Lipinski definition) is 1. The molecular weight excluding hydrogens is 424 g/mol. The van der Waals surface area contributed by atoms with Crippen LogP contribution in [0.15, 0.2) is 103 Å². The van der Waals surface area contributed by atoms with Crippen LogP contribution in [-0.2, 0) is 0 Å². The molecule has 0 aliphatic heterocycles. The average Bonchev–Trinajstić information content (AvgIpc) is 2.89. The first kappa shape index (κ1) is 24.8. The molecular formula is C34H38O. The summed E-state index contributed by atoms with van der Waals surface area (Å²) in [4.78, 5) is 0. The molecule has 35 heavy (non-hydrogen) atoms. The van der Waals surface area contributed by atoms with Gasteiger partial charge in [0.25, 0.3) is 0 Å². The molecule has 4 aromatic carbocycles. The van der Waals surface area contributed by atoms with Crippen LogP contribution in [0.5, 0.6) is 5.75 Å². The van der Waals surface area contributed by atoms with Crippen LogP contribution in [0.4, 0.5) is 0 Å². The summed E-state index contributed by atoms with van der Waals surface area (Å²) >= 11 is 0. The number of phenolic OH excluding ortho intramolecular Hbond substituents is 1. The van der Waals surface area contributed by atoms with Crippen molar-refractivity contribution in [3.05, 3.63) is 125 Å². The van der Waals surface area contributed by atoms with Crippen molar-refractivity contribution in [3.8, 4) is 16.9 Å². The molecule has 0 saturated heterocycles. The number of hydrogen-bond donors (Lipinski definition) is 1. The first-order valence-corrected chi connectivity index (χ1v) is 13.0. The smallest absolute Gasteiger partial charge is 0.116 e. The van der Waals surface area contributed by atoms with Crippen LogP contribution in [0.25, 0.3) is 11.1 Å². The van der Waals surface area contributed by atoms with E-state index in [2.05, 4.69) is 119 Å². The zero-order chi connectivity index (χ0) is 24.8. The monoisotopic (exact) mass is 462 g/mol. The molecule has 4 rings (SSSR count). The third kappa shape index (κ3) is 6.22. The molecule has 0 spiro atoms. The minimum atomic E-state index is 0.322. The molecule has 1 heteroatoms. The lowest BCUT2D eigenvalue weighted by Crippen LogP contribution is -2.04. The molecule has 4 unspecified atom stereocenters. The van der Waals surface area contributed by atoms with Gasteiger partial charge in [0.05, 0.1) is 0 Å². The Bertz CT molecular complexity index is 1210. The van der Waals surface area contributed by atoms with Gasteiger partial charge < -0.3 is 5.11 Å². The highest BCUT2D eigenvalue weighted by molar-refractivity contribution is 5.70. The van der Waals surface area contributed by atoms with E-state index >= 15 is 0 Å². The Morgan fingerprint density at radius 1 is 0.514 bits per heavy atom. The van der Waals surface area contributed by atoms with Gasteiger partial charge in [0, 0.05) is 0 Å². The first-order chi connectivity index (χ1) is 16.9. The first-order valence-electron chi connectivity index (χ1n) is 13.0. The lowest BCUT2D eigenvalue weighted by atomic mass is 9.82. The summed E-state index contributed by atoms with van der Waals surface area (Å²) in [5, 5.41) is 10.4. The third-order valence-corrected chi connectivity index (χ3v) is 7.49. The van der Waals surface area contributed by atoms with Crippen LogP contribution in [0.1, 0.15) is 86.5 Å². The standard InChI is InChI=1S/C34H38O/c1-24(28-12-7-5-8-13-28)20-26(3)30-16-11-17-31(22-30)34-23-32(35)18-19-33(34)27(4)21-25(2)29-14-9-6-10-15-29/h5-19,22-27,35H,20-21H2,1-4H3. The predicted octanol–water partition coefficient (Wildman–Crippen LogP) is 9.65. The fourth-order valence-electron chi connectivity index (χ4n) is 5.40. The SMILES string of the molecule is CC(CC(C)c1cccc(-c2cc(O)ccc2C(C)CC(C)c2ccccc2)c1)c1ccccc1. The van der Waals surface area contributed by atoms with Crippen molar-refractivity contribution in [1.82, 2.24) is 0 Å². The van der Waals surface area contributed by atoms with Gasteiger partial charge in [0.1, 0.15) is 5.75 Å². The molecule has 0 aliphatic rings. The largest absolute Gasteiger partial charge is 0.508 e. The topological polar surface area (TPSA) is 20.2 Å². The molecule has 0 aromatic heterocycles. The van der Waals surface area contributed by atoms with Crippen LogP contribution in [0.3, 0.4) is 0 Å². The maximum absolute atomic E-state index is 10.4. The minimum absolute atomic E-state index is 0.322. The van der Waals surface area contributed by atoms with E-state index in [0.717, 1.165) is 18.4 Å². The van der Waals surface area contributed by atoms with Gasteiger partial charge in [0.15, 0.2) is 0 Å². The maximum Gasteiger partial charge on any atom is 0.116 e. The van der Waals surface area contributed by atoms with E-state index in [9.17, 15) is 5.11 Å². The number of benzene rings is 4. The molecule has 180 valence electrons. The van der Waals surface area contributed by atoms with Crippen molar-refractivity contribution < 1.29 is 5.11 Å². The van der Waals surface area contributed by atoms with Gasteiger partial charge in [-0.15, -0.1) is 0 Å². The van der Waals surface area contributed by atoms with Gasteiger partial charge >= 0.3 is 0 Å². The summed E-state index contributed by atoms with van der Waals surface area (Å²) in [5.74, 6) is 2.12. The summed E-state index contributed by atoms with van der Waals surface area (Å²) in [7, 11) is 0. The van der Waals surface area contributed by atoms with Crippen molar-refractivity contribution >= 4 is 0 Å². The third-order valence-electron chi connectivity index (χ3n) is 7.49. The van der Waals surface area contributed by atoms with Crippen molar-refractivity contribution in [2.24, 2.45) is 0 Å². The fourth-order valence-corrected chi connectivity index (χ4v) is 5.40. The second kappa shape index (κ2) is 11.4. The van der Waals surface area contributed by atoms with Gasteiger partial charge in [-0.05, 0) is 82.0 Å². The summed E-state index contributed by atoms with van der Waals surface area (Å²) in [5.41, 5.74) is 7.75. The lowest BCUT2D eigenvalue weighted by Gasteiger charge is -2.22. The Hall–Kier alpha value is -3.32. The number of phenols is 1. The highest BCUT2D eigenvalue weighted by atomic mass is 16.3. The van der Waals surface area contributed by atoms with Gasteiger partial charge in [-0.1, -0.05) is 119 Å². The van der Waals surface area contributed by atoms with Crippen LogP contribution in [0.2, 0.25) is 0 Å². The van der Waals surface area contributed by atoms with E-state index in [4.69, 9.17) is 0 Å². The molecule has 0 bridgehead atoms. The van der Waals surface area contributed by atoms with Gasteiger partial charge in [-0.25, -0.2) is 0 Å². The molecule has 1 nitrogen and oxygen atoms in total. The summed E-state index contributed by atoms with van der Waals surface area (Å²) in [6.45, 7) is 9.26. The van der Waals surface area contributed by atoms with Crippen LogP contribution in [0, 0.1) is 0 Å². The molecule has 0 fully saturated rings. The molecule has 0 aliphatic carbocycles. The number of aromatic hydroxyl groups is 1. The van der Waals surface area contributed by atoms with E-state index in [1.165, 1.54) is 27.8 Å². The van der Waals surface area contributed by atoms with Gasteiger partial charge in [-0.2, -0.15) is 0 Å². The fraction of sp³-hybridized carbons (Fsp3) is 0.294. The minimum Gasteiger partial charge on any atom is -0.508 e. The molecule has 1 N–H and O–H groups in total. The van der Waals surface area contributed by atoms with Crippen molar-refractivity contribution in [2.75, 3.05) is 0 Å². The zero-order valence-electron chi connectivity index (χ0n) is 21.5. The zero-order valence-corrected chi connectivity index (χ0v) is 21.5. The average molecular weight is 463 g/mol. The lowest BCUT2D eigenvalue weighted by molar-refractivity contribution is 0.475. The summed E-state index contributed by atoms with van der Waals surface area (Å²) in [6, 6.07) is 36.3. The van der Waals surface area contributed by atoms with Crippen LogP contribution < -0.4 is 0 Å². The Kier molecular flexibility index (Phi) is 8.08. The molecule has 4 aromatic rings. The molecule has 4 atom stereocenters. The Labute approximate surface area is 211 Å². The van der Waals surface area contributed by atoms with Crippen LogP contribution >= 0.6 is 0 Å². The Morgan fingerprint density at radius 3 is 1.63 bits per heavy atom. The van der Waals surface area contributed by atoms with Gasteiger partial charge in [0.2, 0.25) is 0 Å². The van der Waals surface area contributed by atoms with Crippen molar-refractivity contribution in [1.29, 1.82) is 0 Å². The van der Waals surface area contributed by atoms with Crippen molar-refractivity contribution in [3.63, 3.8) is 0 Å². The number of rotatable bonds is 9. The maximum atomic E-state index is 10.4. The summed E-state index contributed by atoms with van der Waals surface area (Å²) in [6.07, 6.45) is 2.16. The normalized spacial score (nSPS) is 14.7. The Morgan fingerprint density at radius 2 is 1.03 bits per heavy atom. The highest BCUT2D eigenvalue weighted by Crippen LogP contribution is 2.38. The molecule has 0 radical (unpaired) electrons.